The lowest BCUT2D eigenvalue weighted by Crippen LogP contribution is -2.28. The molecule has 0 unspecified atom stereocenters. The second-order valence-corrected chi connectivity index (χ2v) is 16.5. The van der Waals surface area contributed by atoms with Crippen LogP contribution in [0.4, 0.5) is 17.1 Å². The Balaban J connectivity index is 1.08. The molecule has 0 amide bonds. The third-order valence-corrected chi connectivity index (χ3v) is 13.1. The first-order valence-corrected chi connectivity index (χ1v) is 21.8. The Kier molecular flexibility index (Phi) is 8.76. The molecule has 2 nitrogen and oxygen atoms in total. The molecule has 296 valence electrons. The van der Waals surface area contributed by atoms with E-state index in [9.17, 15) is 0 Å². The maximum absolute atomic E-state index is 2.48. The number of aromatic nitrogens is 1. The zero-order valence-electron chi connectivity index (χ0n) is 34.6. The fourth-order valence-corrected chi connectivity index (χ4v) is 10.3. The van der Waals surface area contributed by atoms with Crippen LogP contribution >= 0.6 is 0 Å². The summed E-state index contributed by atoms with van der Waals surface area (Å²) in [6.07, 6.45) is 0. The highest BCUT2D eigenvalue weighted by atomic mass is 15.1. The molecule has 0 saturated carbocycles. The minimum atomic E-state index is -0.488. The predicted octanol–water partition coefficient (Wildman–Crippen LogP) is 16.0. The number of anilines is 3. The van der Waals surface area contributed by atoms with Crippen LogP contribution in [0.2, 0.25) is 0 Å². The maximum Gasteiger partial charge on any atom is 0.0713 e. The summed E-state index contributed by atoms with van der Waals surface area (Å²) in [7, 11) is 0. The number of nitrogens with zero attached hydrogens (tertiary/aromatic N) is 2. The first kappa shape index (κ1) is 36.6. The highest BCUT2D eigenvalue weighted by Crippen LogP contribution is 2.56. The molecule has 0 atom stereocenters. The fraction of sp³-hybridized carbons (Fsp3) is 0.0164. The van der Waals surface area contributed by atoms with Crippen LogP contribution in [-0.2, 0) is 5.41 Å². The largest absolute Gasteiger partial charge is 0.310 e. The summed E-state index contributed by atoms with van der Waals surface area (Å²) in [6, 6.07) is 93.2. The van der Waals surface area contributed by atoms with Crippen LogP contribution < -0.4 is 4.90 Å². The minimum Gasteiger partial charge on any atom is -0.310 e. The standard InChI is InChI=1S/C61H42N2/c1-5-17-43(18-6-1)45-29-34-50(35-30-45)62(51-36-31-46(32-37-51)44-19-7-2-8-20-44)52-38-39-55-56-41-48(33-40-59(56)63(60(55)42-52)49-23-11-4-12-24-49)61(47-21-9-3-10-22-47)57-27-15-13-25-53(57)54-26-14-16-28-58(54)61/h1-42H. The summed E-state index contributed by atoms with van der Waals surface area (Å²) < 4.78 is 2.44. The van der Waals surface area contributed by atoms with Gasteiger partial charge in [-0.15, -0.1) is 0 Å². The van der Waals surface area contributed by atoms with Gasteiger partial charge in [-0.1, -0.05) is 194 Å². The van der Waals surface area contributed by atoms with Crippen molar-refractivity contribution < 1.29 is 0 Å². The third kappa shape index (κ3) is 5.95. The molecule has 1 aromatic heterocycles. The quantitative estimate of drug-likeness (QED) is 0.149. The molecule has 63 heavy (non-hydrogen) atoms. The zero-order valence-corrected chi connectivity index (χ0v) is 34.6. The van der Waals surface area contributed by atoms with Crippen molar-refractivity contribution in [3.05, 3.63) is 277 Å². The Bertz CT molecular complexity index is 3280. The first-order chi connectivity index (χ1) is 31.3. The topological polar surface area (TPSA) is 8.17 Å². The zero-order chi connectivity index (χ0) is 41.7. The Morgan fingerprint density at radius 2 is 0.762 bits per heavy atom. The lowest BCUT2D eigenvalue weighted by atomic mass is 9.67. The normalized spacial score (nSPS) is 12.6. The van der Waals surface area contributed by atoms with Crippen LogP contribution in [0.5, 0.6) is 0 Å². The second kappa shape index (κ2) is 15.1. The highest BCUT2D eigenvalue weighted by molar-refractivity contribution is 6.11. The van der Waals surface area contributed by atoms with Crippen molar-refractivity contribution in [2.75, 3.05) is 4.90 Å². The molecular formula is C61H42N2. The summed E-state index contributed by atoms with van der Waals surface area (Å²) in [5.74, 6) is 0. The molecule has 1 heterocycles. The molecule has 0 aliphatic heterocycles. The van der Waals surface area contributed by atoms with Crippen LogP contribution in [0.15, 0.2) is 255 Å². The van der Waals surface area contributed by atoms with E-state index in [2.05, 4.69) is 264 Å². The molecule has 11 aromatic rings. The van der Waals surface area contributed by atoms with Gasteiger partial charge in [-0.2, -0.15) is 0 Å². The van der Waals surface area contributed by atoms with E-state index >= 15 is 0 Å². The van der Waals surface area contributed by atoms with Gasteiger partial charge >= 0.3 is 0 Å². The summed E-state index contributed by atoms with van der Waals surface area (Å²) >= 11 is 0. The van der Waals surface area contributed by atoms with E-state index in [1.54, 1.807) is 0 Å². The van der Waals surface area contributed by atoms with Crippen LogP contribution in [-0.4, -0.2) is 4.57 Å². The van der Waals surface area contributed by atoms with E-state index in [0.717, 1.165) is 28.3 Å². The molecule has 2 heteroatoms. The van der Waals surface area contributed by atoms with Gasteiger partial charge in [0.15, 0.2) is 0 Å². The second-order valence-electron chi connectivity index (χ2n) is 16.5. The summed E-state index contributed by atoms with van der Waals surface area (Å²) in [6.45, 7) is 0. The molecule has 1 aliphatic carbocycles. The van der Waals surface area contributed by atoms with Crippen molar-refractivity contribution >= 4 is 38.9 Å². The number of hydrogen-bond acceptors (Lipinski definition) is 1. The molecule has 0 spiro atoms. The molecule has 0 fully saturated rings. The van der Waals surface area contributed by atoms with E-state index in [1.165, 1.54) is 71.9 Å². The van der Waals surface area contributed by atoms with Gasteiger partial charge in [-0.25, -0.2) is 0 Å². The van der Waals surface area contributed by atoms with Gasteiger partial charge in [0.1, 0.15) is 0 Å². The van der Waals surface area contributed by atoms with Gasteiger partial charge in [0.05, 0.1) is 16.4 Å². The van der Waals surface area contributed by atoms with Crippen molar-refractivity contribution in [2.24, 2.45) is 0 Å². The number of fused-ring (bicyclic) bond motifs is 6. The molecule has 0 N–H and O–H groups in total. The van der Waals surface area contributed by atoms with E-state index in [4.69, 9.17) is 0 Å². The van der Waals surface area contributed by atoms with E-state index in [-0.39, 0.29) is 0 Å². The Morgan fingerprint density at radius 3 is 1.32 bits per heavy atom. The Labute approximate surface area is 368 Å². The lowest BCUT2D eigenvalue weighted by Gasteiger charge is -2.34. The fourth-order valence-electron chi connectivity index (χ4n) is 10.3. The predicted molar refractivity (Wildman–Crippen MR) is 264 cm³/mol. The number of benzene rings is 10. The van der Waals surface area contributed by atoms with E-state index < -0.39 is 5.41 Å². The summed E-state index contributed by atoms with van der Waals surface area (Å²) in [4.78, 5) is 2.39. The Hall–Kier alpha value is -8.20. The number of hydrogen-bond donors (Lipinski definition) is 0. The van der Waals surface area contributed by atoms with Crippen LogP contribution in [0.1, 0.15) is 22.3 Å². The smallest absolute Gasteiger partial charge is 0.0713 e. The van der Waals surface area contributed by atoms with Crippen molar-refractivity contribution in [1.29, 1.82) is 0 Å². The van der Waals surface area contributed by atoms with Crippen molar-refractivity contribution in [2.45, 2.75) is 5.41 Å². The van der Waals surface area contributed by atoms with Crippen LogP contribution in [0.3, 0.4) is 0 Å². The molecule has 0 bridgehead atoms. The van der Waals surface area contributed by atoms with Crippen LogP contribution in [0.25, 0.3) is 60.9 Å². The van der Waals surface area contributed by atoms with Crippen LogP contribution in [0, 0.1) is 0 Å². The van der Waals surface area contributed by atoms with Gasteiger partial charge in [0.25, 0.3) is 0 Å². The van der Waals surface area contributed by atoms with Crippen molar-refractivity contribution in [1.82, 2.24) is 4.57 Å². The molecular weight excluding hydrogens is 761 g/mol. The summed E-state index contributed by atoms with van der Waals surface area (Å²) in [5.41, 5.74) is 18.8. The van der Waals surface area contributed by atoms with E-state index in [1.807, 2.05) is 0 Å². The Morgan fingerprint density at radius 1 is 0.302 bits per heavy atom. The molecule has 0 saturated heterocycles. The molecule has 0 radical (unpaired) electrons. The average molecular weight is 803 g/mol. The molecule has 12 rings (SSSR count). The van der Waals surface area contributed by atoms with Gasteiger partial charge in [0, 0.05) is 33.5 Å². The molecule has 10 aromatic carbocycles. The average Bonchev–Trinajstić information content (AvgIpc) is 3.86. The number of para-hydroxylation sites is 1. The first-order valence-electron chi connectivity index (χ1n) is 21.8. The van der Waals surface area contributed by atoms with Gasteiger partial charge in [-0.3, -0.25) is 0 Å². The van der Waals surface area contributed by atoms with Gasteiger partial charge in [0.2, 0.25) is 0 Å². The lowest BCUT2D eigenvalue weighted by molar-refractivity contribution is 0.770. The monoisotopic (exact) mass is 802 g/mol. The van der Waals surface area contributed by atoms with Crippen molar-refractivity contribution in [3.8, 4) is 39.1 Å². The summed E-state index contributed by atoms with van der Waals surface area (Å²) in [5, 5.41) is 2.43. The van der Waals surface area contributed by atoms with Gasteiger partial charge in [-0.05, 0) is 116 Å². The maximum atomic E-state index is 2.48. The van der Waals surface area contributed by atoms with E-state index in [0.29, 0.717) is 0 Å². The third-order valence-electron chi connectivity index (χ3n) is 13.1. The van der Waals surface area contributed by atoms with Crippen molar-refractivity contribution in [3.63, 3.8) is 0 Å². The SMILES string of the molecule is c1ccc(-c2ccc(N(c3ccc(-c4ccccc4)cc3)c3ccc4c5cc(C6(c7ccccc7)c7ccccc7-c7ccccc76)ccc5n(-c5ccccc5)c4c3)cc2)cc1. The molecule has 1 aliphatic rings. The minimum absolute atomic E-state index is 0.488. The number of rotatable bonds is 8. The van der Waals surface area contributed by atoms with Gasteiger partial charge < -0.3 is 9.47 Å². The highest BCUT2D eigenvalue weighted by Gasteiger charge is 2.46.